The van der Waals surface area contributed by atoms with Crippen LogP contribution in [0, 0.1) is 0 Å². The van der Waals surface area contributed by atoms with Gasteiger partial charge in [-0.1, -0.05) is 0 Å². The Kier molecular flexibility index (Phi) is 4.30. The third kappa shape index (κ3) is 3.00. The van der Waals surface area contributed by atoms with Gasteiger partial charge in [-0.2, -0.15) is 5.10 Å². The molecule has 2 aromatic heterocycles. The monoisotopic (exact) mass is 329 g/mol. The quantitative estimate of drug-likeness (QED) is 0.851. The van der Waals surface area contributed by atoms with Crippen LogP contribution in [0.4, 0.5) is 0 Å². The van der Waals surface area contributed by atoms with E-state index in [2.05, 4.69) is 20.5 Å². The third-order valence-corrected chi connectivity index (χ3v) is 4.03. The number of H-pyrrole nitrogens is 1. The third-order valence-electron chi connectivity index (χ3n) is 4.03. The van der Waals surface area contributed by atoms with Crippen molar-refractivity contribution in [2.45, 2.75) is 12.5 Å². The van der Waals surface area contributed by atoms with E-state index in [1.54, 1.807) is 37.3 Å². The summed E-state index contributed by atoms with van der Waals surface area (Å²) in [5.41, 5.74) is 0.795. The van der Waals surface area contributed by atoms with Crippen molar-refractivity contribution >= 4 is 11.8 Å². The fourth-order valence-corrected chi connectivity index (χ4v) is 2.71. The molecule has 1 aliphatic rings. The number of ether oxygens (including phenoxy) is 1. The average Bonchev–Trinajstić information content (AvgIpc) is 3.11. The van der Waals surface area contributed by atoms with Gasteiger partial charge in [-0.25, -0.2) is 0 Å². The molecule has 0 aliphatic carbocycles. The number of nitrogens with one attached hydrogen (secondary N) is 2. The molecular formula is C16H19N5O3. The second-order valence-corrected chi connectivity index (χ2v) is 5.79. The summed E-state index contributed by atoms with van der Waals surface area (Å²) in [6.07, 6.45) is 3.36. The molecule has 3 heterocycles. The minimum absolute atomic E-state index is 0.187. The molecule has 2 N–H and O–H groups in total. The molecule has 2 amide bonds. The lowest BCUT2D eigenvalue weighted by atomic mass is 10.0. The van der Waals surface area contributed by atoms with Crippen LogP contribution in [0.25, 0.3) is 11.3 Å². The number of aromatic amines is 1. The summed E-state index contributed by atoms with van der Waals surface area (Å²) in [6.45, 7) is 2.60. The van der Waals surface area contributed by atoms with Crippen molar-refractivity contribution in [1.29, 1.82) is 0 Å². The van der Waals surface area contributed by atoms with Crippen LogP contribution >= 0.6 is 0 Å². The summed E-state index contributed by atoms with van der Waals surface area (Å²) >= 11 is 0. The Balaban J connectivity index is 1.77. The van der Waals surface area contributed by atoms with Crippen LogP contribution in [0.15, 0.2) is 30.6 Å². The normalized spacial score (nSPS) is 20.7. The summed E-state index contributed by atoms with van der Waals surface area (Å²) in [5.74, 6) is -0.461. The molecule has 0 saturated carbocycles. The van der Waals surface area contributed by atoms with Gasteiger partial charge in [0.2, 0.25) is 0 Å². The lowest BCUT2D eigenvalue weighted by Crippen LogP contribution is -2.58. The maximum Gasteiger partial charge on any atom is 0.272 e. The SMILES string of the molecule is CNC(=O)[C@]1(C)CN(C(=O)c2cc(-c3cccnc3)n[nH]2)CCO1. The number of likely N-dealkylation sites (N-methyl/N-ethyl adjacent to an activating group) is 1. The minimum atomic E-state index is -1.05. The van der Waals surface area contributed by atoms with Crippen molar-refractivity contribution in [2.24, 2.45) is 0 Å². The molecule has 0 bridgehead atoms. The van der Waals surface area contributed by atoms with Crippen LogP contribution in [-0.2, 0) is 9.53 Å². The van der Waals surface area contributed by atoms with Gasteiger partial charge in [0, 0.05) is 31.5 Å². The van der Waals surface area contributed by atoms with Gasteiger partial charge < -0.3 is 15.0 Å². The summed E-state index contributed by atoms with van der Waals surface area (Å²) in [5, 5.41) is 9.50. The Labute approximate surface area is 139 Å². The second kappa shape index (κ2) is 6.40. The van der Waals surface area contributed by atoms with Gasteiger partial charge in [-0.05, 0) is 25.1 Å². The van der Waals surface area contributed by atoms with Crippen molar-refractivity contribution in [3.05, 3.63) is 36.3 Å². The first-order chi connectivity index (χ1) is 11.5. The van der Waals surface area contributed by atoms with E-state index in [4.69, 9.17) is 4.74 Å². The molecule has 8 nitrogen and oxygen atoms in total. The van der Waals surface area contributed by atoms with E-state index < -0.39 is 5.60 Å². The standard InChI is InChI=1S/C16H19N5O3/c1-16(15(23)17-2)10-21(6-7-24-16)14(22)13-8-12(19-20-13)11-4-3-5-18-9-11/h3-5,8-9H,6-7,10H2,1-2H3,(H,17,23)(H,19,20)/t16-/m0/s1. The van der Waals surface area contributed by atoms with E-state index in [1.807, 2.05) is 12.1 Å². The zero-order valence-electron chi connectivity index (χ0n) is 13.6. The van der Waals surface area contributed by atoms with E-state index in [0.717, 1.165) is 5.56 Å². The fourth-order valence-electron chi connectivity index (χ4n) is 2.71. The summed E-state index contributed by atoms with van der Waals surface area (Å²) in [7, 11) is 1.55. The number of hydrogen-bond donors (Lipinski definition) is 2. The largest absolute Gasteiger partial charge is 0.362 e. The molecular weight excluding hydrogens is 310 g/mol. The van der Waals surface area contributed by atoms with Crippen LogP contribution < -0.4 is 5.32 Å². The zero-order valence-corrected chi connectivity index (χ0v) is 13.6. The van der Waals surface area contributed by atoms with Crippen LogP contribution in [0.1, 0.15) is 17.4 Å². The zero-order chi connectivity index (χ0) is 17.2. The number of amides is 2. The van der Waals surface area contributed by atoms with Crippen molar-refractivity contribution in [3.8, 4) is 11.3 Å². The molecule has 24 heavy (non-hydrogen) atoms. The molecule has 0 aromatic carbocycles. The maximum absolute atomic E-state index is 12.7. The molecule has 8 heteroatoms. The highest BCUT2D eigenvalue weighted by molar-refractivity contribution is 5.94. The molecule has 0 unspecified atom stereocenters. The molecule has 2 aromatic rings. The topological polar surface area (TPSA) is 100 Å². The van der Waals surface area contributed by atoms with Crippen LogP contribution in [0.2, 0.25) is 0 Å². The van der Waals surface area contributed by atoms with Gasteiger partial charge in [0.1, 0.15) is 5.69 Å². The Hall–Kier alpha value is -2.74. The van der Waals surface area contributed by atoms with Crippen molar-refractivity contribution in [3.63, 3.8) is 0 Å². The molecule has 0 radical (unpaired) electrons. The number of rotatable bonds is 3. The Morgan fingerprint density at radius 1 is 1.46 bits per heavy atom. The highest BCUT2D eigenvalue weighted by atomic mass is 16.5. The smallest absolute Gasteiger partial charge is 0.272 e. The summed E-state index contributed by atoms with van der Waals surface area (Å²) in [6, 6.07) is 5.36. The first kappa shape index (κ1) is 16.1. The molecule has 1 fully saturated rings. The summed E-state index contributed by atoms with van der Waals surface area (Å²) in [4.78, 5) is 30.3. The molecule has 1 saturated heterocycles. The Morgan fingerprint density at radius 3 is 3.00 bits per heavy atom. The highest BCUT2D eigenvalue weighted by Gasteiger charge is 2.40. The molecule has 1 aliphatic heterocycles. The second-order valence-electron chi connectivity index (χ2n) is 5.79. The number of carbonyl (C=O) groups is 2. The van der Waals surface area contributed by atoms with Gasteiger partial charge in [0.05, 0.1) is 18.8 Å². The van der Waals surface area contributed by atoms with Gasteiger partial charge in [0.25, 0.3) is 11.8 Å². The number of carbonyl (C=O) groups excluding carboxylic acids is 2. The first-order valence-electron chi connectivity index (χ1n) is 7.65. The maximum atomic E-state index is 12.7. The van der Waals surface area contributed by atoms with E-state index in [0.29, 0.717) is 24.5 Å². The average molecular weight is 329 g/mol. The predicted molar refractivity (Wildman–Crippen MR) is 86.1 cm³/mol. The summed E-state index contributed by atoms with van der Waals surface area (Å²) < 4.78 is 5.57. The first-order valence-corrected chi connectivity index (χ1v) is 7.65. The molecule has 1 atom stereocenters. The van der Waals surface area contributed by atoms with Crippen LogP contribution in [-0.4, -0.2) is 64.2 Å². The molecule has 126 valence electrons. The van der Waals surface area contributed by atoms with E-state index in [1.165, 1.54) is 0 Å². The number of morpholine rings is 1. The van der Waals surface area contributed by atoms with Crippen LogP contribution in [0.5, 0.6) is 0 Å². The predicted octanol–water partition coefficient (Wildman–Crippen LogP) is 0.449. The van der Waals surface area contributed by atoms with E-state index in [9.17, 15) is 9.59 Å². The molecule has 0 spiro atoms. The highest BCUT2D eigenvalue weighted by Crippen LogP contribution is 2.21. The van der Waals surface area contributed by atoms with Gasteiger partial charge >= 0.3 is 0 Å². The number of aromatic nitrogens is 3. The van der Waals surface area contributed by atoms with Crippen molar-refractivity contribution < 1.29 is 14.3 Å². The molecule has 3 rings (SSSR count). The van der Waals surface area contributed by atoms with Crippen LogP contribution in [0.3, 0.4) is 0 Å². The lowest BCUT2D eigenvalue weighted by molar-refractivity contribution is -0.153. The Morgan fingerprint density at radius 2 is 2.29 bits per heavy atom. The minimum Gasteiger partial charge on any atom is -0.362 e. The Bertz CT molecular complexity index is 745. The number of nitrogens with zero attached hydrogens (tertiary/aromatic N) is 3. The van der Waals surface area contributed by atoms with E-state index in [-0.39, 0.29) is 18.4 Å². The van der Waals surface area contributed by atoms with Gasteiger partial charge in [0.15, 0.2) is 5.60 Å². The van der Waals surface area contributed by atoms with Crippen molar-refractivity contribution in [2.75, 3.05) is 26.7 Å². The lowest BCUT2D eigenvalue weighted by Gasteiger charge is -2.38. The van der Waals surface area contributed by atoms with E-state index >= 15 is 0 Å². The fraction of sp³-hybridized carbons (Fsp3) is 0.375. The number of pyridine rings is 1. The van der Waals surface area contributed by atoms with Crippen molar-refractivity contribution in [1.82, 2.24) is 25.4 Å². The van der Waals surface area contributed by atoms with Gasteiger partial charge in [-0.15, -0.1) is 0 Å². The van der Waals surface area contributed by atoms with Gasteiger partial charge in [-0.3, -0.25) is 19.7 Å². The number of hydrogen-bond acceptors (Lipinski definition) is 5.